The zero-order valence-corrected chi connectivity index (χ0v) is 15.8. The highest BCUT2D eigenvalue weighted by molar-refractivity contribution is 5.87. The predicted molar refractivity (Wildman–Crippen MR) is 106 cm³/mol. The number of para-hydroxylation sites is 1. The van der Waals surface area contributed by atoms with Crippen molar-refractivity contribution in [2.75, 3.05) is 39.1 Å². The van der Waals surface area contributed by atoms with Gasteiger partial charge in [0.2, 0.25) is 0 Å². The van der Waals surface area contributed by atoms with Gasteiger partial charge in [-0.25, -0.2) is 14.8 Å². The van der Waals surface area contributed by atoms with Crippen LogP contribution in [-0.4, -0.2) is 60.2 Å². The molecule has 3 aromatic rings. The predicted octanol–water partition coefficient (Wildman–Crippen LogP) is 2.47. The molecule has 0 saturated carbocycles. The lowest BCUT2D eigenvalue weighted by atomic mass is 10.2. The van der Waals surface area contributed by atoms with Crippen molar-refractivity contribution in [1.29, 1.82) is 0 Å². The lowest BCUT2D eigenvalue weighted by molar-refractivity contribution is 0.211. The SMILES string of the molecule is CN(C)CCCN(C)c1ccc(-c2nc3c(OC(N)=O)cccc3[nH]2)cn1. The van der Waals surface area contributed by atoms with Crippen LogP contribution in [0, 0.1) is 0 Å². The fourth-order valence-electron chi connectivity index (χ4n) is 2.82. The third-order valence-electron chi connectivity index (χ3n) is 4.20. The molecule has 0 aliphatic carbocycles. The summed E-state index contributed by atoms with van der Waals surface area (Å²) in [5.41, 5.74) is 7.27. The van der Waals surface area contributed by atoms with Crippen LogP contribution in [0.15, 0.2) is 36.5 Å². The maximum absolute atomic E-state index is 11.0. The minimum absolute atomic E-state index is 0.327. The molecule has 0 unspecified atom stereocenters. The van der Waals surface area contributed by atoms with Gasteiger partial charge in [-0.3, -0.25) is 0 Å². The number of benzene rings is 1. The van der Waals surface area contributed by atoms with Gasteiger partial charge in [0.25, 0.3) is 0 Å². The number of fused-ring (bicyclic) bond motifs is 1. The summed E-state index contributed by atoms with van der Waals surface area (Å²) in [6.07, 6.45) is 1.99. The first kappa shape index (κ1) is 18.7. The Labute approximate surface area is 158 Å². The summed E-state index contributed by atoms with van der Waals surface area (Å²) in [5.74, 6) is 1.89. The van der Waals surface area contributed by atoms with Crippen LogP contribution in [-0.2, 0) is 0 Å². The molecular formula is C19H24N6O2. The van der Waals surface area contributed by atoms with Crippen molar-refractivity contribution in [3.63, 3.8) is 0 Å². The Hall–Kier alpha value is -3.13. The summed E-state index contributed by atoms with van der Waals surface area (Å²) in [6.45, 7) is 1.97. The van der Waals surface area contributed by atoms with Crippen LogP contribution in [0.3, 0.4) is 0 Å². The quantitative estimate of drug-likeness (QED) is 0.664. The van der Waals surface area contributed by atoms with Gasteiger partial charge in [-0.05, 0) is 51.3 Å². The molecule has 3 rings (SSSR count). The third-order valence-corrected chi connectivity index (χ3v) is 4.20. The normalized spacial score (nSPS) is 11.1. The molecule has 2 aromatic heterocycles. The highest BCUT2D eigenvalue weighted by Crippen LogP contribution is 2.27. The van der Waals surface area contributed by atoms with Gasteiger partial charge in [-0.2, -0.15) is 0 Å². The Morgan fingerprint density at radius 3 is 2.67 bits per heavy atom. The highest BCUT2D eigenvalue weighted by Gasteiger charge is 2.12. The average Bonchev–Trinajstić information content (AvgIpc) is 3.06. The first-order valence-corrected chi connectivity index (χ1v) is 8.72. The van der Waals surface area contributed by atoms with E-state index in [0.717, 1.165) is 36.4 Å². The number of aromatic nitrogens is 3. The summed E-state index contributed by atoms with van der Waals surface area (Å²) in [6, 6.07) is 9.23. The third kappa shape index (κ3) is 4.53. The van der Waals surface area contributed by atoms with Gasteiger partial charge < -0.3 is 25.3 Å². The van der Waals surface area contributed by atoms with Crippen LogP contribution in [0.2, 0.25) is 0 Å². The molecule has 1 amide bonds. The Morgan fingerprint density at radius 1 is 1.19 bits per heavy atom. The second kappa shape index (κ2) is 8.05. The number of nitrogens with zero attached hydrogens (tertiary/aromatic N) is 4. The van der Waals surface area contributed by atoms with E-state index in [1.54, 1.807) is 18.3 Å². The van der Waals surface area contributed by atoms with Gasteiger partial charge in [-0.1, -0.05) is 6.07 Å². The van der Waals surface area contributed by atoms with Crippen LogP contribution < -0.4 is 15.4 Å². The fraction of sp³-hybridized carbons (Fsp3) is 0.316. The van der Waals surface area contributed by atoms with E-state index in [1.807, 2.05) is 25.2 Å². The number of imidazole rings is 1. The smallest absolute Gasteiger partial charge is 0.408 e. The van der Waals surface area contributed by atoms with E-state index in [1.165, 1.54) is 0 Å². The molecule has 0 aliphatic heterocycles. The van der Waals surface area contributed by atoms with Crippen LogP contribution in [0.4, 0.5) is 10.6 Å². The van der Waals surface area contributed by atoms with Crippen molar-refractivity contribution in [2.24, 2.45) is 5.73 Å². The molecule has 0 fully saturated rings. The van der Waals surface area contributed by atoms with Crippen molar-refractivity contribution >= 4 is 22.9 Å². The maximum atomic E-state index is 11.0. The van der Waals surface area contributed by atoms with Gasteiger partial charge in [0.15, 0.2) is 5.75 Å². The van der Waals surface area contributed by atoms with Crippen LogP contribution in [0.25, 0.3) is 22.4 Å². The topological polar surface area (TPSA) is 100 Å². The molecule has 0 bridgehead atoms. The first-order valence-electron chi connectivity index (χ1n) is 8.72. The number of aromatic amines is 1. The molecule has 0 saturated heterocycles. The summed E-state index contributed by atoms with van der Waals surface area (Å²) in [7, 11) is 6.17. The molecule has 3 N–H and O–H groups in total. The molecule has 0 aliphatic rings. The number of hydrogen-bond donors (Lipinski definition) is 2. The number of amides is 1. The number of pyridine rings is 1. The molecule has 8 heteroatoms. The lowest BCUT2D eigenvalue weighted by Crippen LogP contribution is -2.23. The van der Waals surface area contributed by atoms with Crippen molar-refractivity contribution in [2.45, 2.75) is 6.42 Å². The number of ether oxygens (including phenoxy) is 1. The lowest BCUT2D eigenvalue weighted by Gasteiger charge is -2.19. The second-order valence-electron chi connectivity index (χ2n) is 6.64. The Balaban J connectivity index is 1.78. The van der Waals surface area contributed by atoms with E-state index < -0.39 is 6.09 Å². The van der Waals surface area contributed by atoms with Gasteiger partial charge in [0.1, 0.15) is 17.2 Å². The Bertz CT molecular complexity index is 920. The van der Waals surface area contributed by atoms with Crippen LogP contribution in [0.5, 0.6) is 5.75 Å². The van der Waals surface area contributed by atoms with E-state index in [4.69, 9.17) is 10.5 Å². The summed E-state index contributed by atoms with van der Waals surface area (Å²) < 4.78 is 5.01. The number of carbonyl (C=O) groups excluding carboxylic acids is 1. The number of carbonyl (C=O) groups is 1. The van der Waals surface area contributed by atoms with Gasteiger partial charge in [0.05, 0.1) is 5.52 Å². The fourth-order valence-corrected chi connectivity index (χ4v) is 2.82. The maximum Gasteiger partial charge on any atom is 0.410 e. The number of rotatable bonds is 7. The number of hydrogen-bond acceptors (Lipinski definition) is 6. The summed E-state index contributed by atoms with van der Waals surface area (Å²) >= 11 is 0. The minimum Gasteiger partial charge on any atom is -0.408 e. The Morgan fingerprint density at radius 2 is 2.00 bits per heavy atom. The van der Waals surface area contributed by atoms with Gasteiger partial charge in [0, 0.05) is 25.4 Å². The first-order chi connectivity index (χ1) is 12.9. The molecular weight excluding hydrogens is 344 g/mol. The van der Waals surface area contributed by atoms with Crippen molar-refractivity contribution in [3.8, 4) is 17.1 Å². The summed E-state index contributed by atoms with van der Waals surface area (Å²) in [5, 5.41) is 0. The van der Waals surface area contributed by atoms with Crippen molar-refractivity contribution < 1.29 is 9.53 Å². The number of H-pyrrole nitrogens is 1. The average molecular weight is 368 g/mol. The van der Waals surface area contributed by atoms with E-state index >= 15 is 0 Å². The Kier molecular flexibility index (Phi) is 5.56. The molecule has 27 heavy (non-hydrogen) atoms. The van der Waals surface area contributed by atoms with Gasteiger partial charge in [-0.15, -0.1) is 0 Å². The zero-order chi connectivity index (χ0) is 19.4. The van der Waals surface area contributed by atoms with Gasteiger partial charge >= 0.3 is 6.09 Å². The minimum atomic E-state index is -0.865. The molecule has 0 spiro atoms. The number of nitrogens with two attached hydrogens (primary N) is 1. The second-order valence-corrected chi connectivity index (χ2v) is 6.64. The number of primary amides is 1. The molecule has 8 nitrogen and oxygen atoms in total. The molecule has 0 radical (unpaired) electrons. The van der Waals surface area contributed by atoms with Crippen LogP contribution in [0.1, 0.15) is 6.42 Å². The standard InChI is InChI=1S/C19H24N6O2/c1-24(2)10-5-11-25(3)16-9-8-13(12-21-16)18-22-14-6-4-7-15(17(14)23-18)27-19(20)26/h4,6-9,12H,5,10-11H2,1-3H3,(H2,20,26)(H,22,23). The highest BCUT2D eigenvalue weighted by atomic mass is 16.5. The van der Waals surface area contributed by atoms with Crippen molar-refractivity contribution in [1.82, 2.24) is 19.9 Å². The summed E-state index contributed by atoms with van der Waals surface area (Å²) in [4.78, 5) is 27.6. The number of anilines is 1. The van der Waals surface area contributed by atoms with E-state index in [9.17, 15) is 4.79 Å². The molecule has 2 heterocycles. The van der Waals surface area contributed by atoms with E-state index in [-0.39, 0.29) is 0 Å². The number of nitrogens with one attached hydrogen (secondary N) is 1. The molecule has 0 atom stereocenters. The molecule has 142 valence electrons. The van der Waals surface area contributed by atoms with Crippen molar-refractivity contribution in [3.05, 3.63) is 36.5 Å². The van der Waals surface area contributed by atoms with Crippen LogP contribution >= 0.6 is 0 Å². The monoisotopic (exact) mass is 368 g/mol. The van der Waals surface area contributed by atoms with E-state index in [2.05, 4.69) is 38.8 Å². The largest absolute Gasteiger partial charge is 0.410 e. The molecule has 1 aromatic carbocycles. The van der Waals surface area contributed by atoms with E-state index in [0.29, 0.717) is 17.1 Å². The zero-order valence-electron chi connectivity index (χ0n) is 15.8.